The van der Waals surface area contributed by atoms with E-state index < -0.39 is 0 Å². The lowest BCUT2D eigenvalue weighted by Gasteiger charge is -2.14. The van der Waals surface area contributed by atoms with Crippen molar-refractivity contribution in [2.75, 3.05) is 13.1 Å². The molecule has 1 amide bonds. The number of nitrogens with zero attached hydrogens (tertiary/aromatic N) is 2. The Kier molecular flexibility index (Phi) is 2.73. The highest BCUT2D eigenvalue weighted by Gasteiger charge is 2.24. The van der Waals surface area contributed by atoms with Crippen molar-refractivity contribution in [3.8, 4) is 0 Å². The second-order valence-corrected chi connectivity index (χ2v) is 4.00. The Balaban J connectivity index is 1.92. The zero-order valence-electron chi connectivity index (χ0n) is 8.73. The van der Waals surface area contributed by atoms with Crippen molar-refractivity contribution >= 4 is 5.91 Å². The third-order valence-corrected chi connectivity index (χ3v) is 2.61. The molecule has 1 saturated heterocycles. The van der Waals surface area contributed by atoms with Gasteiger partial charge >= 0.3 is 0 Å². The molecule has 5 heteroatoms. The predicted octanol–water partition coefficient (Wildman–Crippen LogP) is -0.146. The zero-order valence-corrected chi connectivity index (χ0v) is 8.73. The van der Waals surface area contributed by atoms with Crippen molar-refractivity contribution in [2.45, 2.75) is 25.9 Å². The van der Waals surface area contributed by atoms with E-state index in [1.54, 1.807) is 4.90 Å². The van der Waals surface area contributed by atoms with E-state index in [2.05, 4.69) is 10.2 Å². The van der Waals surface area contributed by atoms with Gasteiger partial charge in [0.25, 0.3) is 0 Å². The van der Waals surface area contributed by atoms with Gasteiger partial charge in [-0.3, -0.25) is 9.89 Å². The molecule has 1 aliphatic heterocycles. The fraction of sp³-hybridized carbons (Fsp3) is 0.600. The Hall–Kier alpha value is -1.36. The molecule has 0 aromatic carbocycles. The van der Waals surface area contributed by atoms with Gasteiger partial charge < -0.3 is 10.0 Å². The minimum Gasteiger partial charge on any atom is -0.391 e. The molecule has 5 nitrogen and oxygen atoms in total. The maximum absolute atomic E-state index is 11.7. The molecular weight excluding hydrogens is 194 g/mol. The van der Waals surface area contributed by atoms with Gasteiger partial charge in [0.05, 0.1) is 18.2 Å². The topological polar surface area (TPSA) is 69.2 Å². The van der Waals surface area contributed by atoms with Gasteiger partial charge in [-0.2, -0.15) is 5.10 Å². The number of likely N-dealkylation sites (tertiary alicyclic amines) is 1. The first kappa shape index (κ1) is 10.2. The quantitative estimate of drug-likeness (QED) is 0.712. The summed E-state index contributed by atoms with van der Waals surface area (Å²) in [6.45, 7) is 3.02. The largest absolute Gasteiger partial charge is 0.391 e. The number of β-amino-alcohol motifs (C(OH)–C–C–N with tert-alkyl or cyclic N) is 1. The summed E-state index contributed by atoms with van der Waals surface area (Å²) in [5.41, 5.74) is 1.72. The number of rotatable bonds is 2. The van der Waals surface area contributed by atoms with Gasteiger partial charge in [-0.25, -0.2) is 0 Å². The van der Waals surface area contributed by atoms with Crippen LogP contribution in [0.25, 0.3) is 0 Å². The highest BCUT2D eigenvalue weighted by molar-refractivity contribution is 5.78. The number of H-pyrrole nitrogens is 1. The van der Waals surface area contributed by atoms with Crippen LogP contribution in [0.1, 0.15) is 17.8 Å². The highest BCUT2D eigenvalue weighted by Crippen LogP contribution is 2.10. The van der Waals surface area contributed by atoms with E-state index in [1.807, 2.05) is 13.0 Å². The number of aromatic amines is 1. The minimum atomic E-state index is -0.352. The molecule has 1 aromatic heterocycles. The van der Waals surface area contributed by atoms with Crippen LogP contribution in [0.15, 0.2) is 6.07 Å². The Morgan fingerprint density at radius 3 is 3.13 bits per heavy atom. The Morgan fingerprint density at radius 2 is 2.60 bits per heavy atom. The van der Waals surface area contributed by atoms with Crippen molar-refractivity contribution in [1.82, 2.24) is 15.1 Å². The zero-order chi connectivity index (χ0) is 10.8. The van der Waals surface area contributed by atoms with Crippen molar-refractivity contribution < 1.29 is 9.90 Å². The molecule has 1 aromatic rings. The monoisotopic (exact) mass is 209 g/mol. The summed E-state index contributed by atoms with van der Waals surface area (Å²) >= 11 is 0. The third-order valence-electron chi connectivity index (χ3n) is 2.61. The average molecular weight is 209 g/mol. The number of aryl methyl sites for hydroxylation is 1. The van der Waals surface area contributed by atoms with Gasteiger partial charge in [0, 0.05) is 18.8 Å². The van der Waals surface area contributed by atoms with Crippen LogP contribution in [0.2, 0.25) is 0 Å². The summed E-state index contributed by atoms with van der Waals surface area (Å²) in [4.78, 5) is 13.4. The molecule has 0 saturated carbocycles. The molecule has 15 heavy (non-hydrogen) atoms. The number of amides is 1. The SMILES string of the molecule is Cc1cc(CC(=O)N2CC[C@@H](O)C2)n[nH]1. The number of aromatic nitrogens is 2. The molecule has 0 spiro atoms. The van der Waals surface area contributed by atoms with E-state index in [1.165, 1.54) is 0 Å². The van der Waals surface area contributed by atoms with E-state index in [-0.39, 0.29) is 12.0 Å². The summed E-state index contributed by atoms with van der Waals surface area (Å²) in [6, 6.07) is 1.87. The highest BCUT2D eigenvalue weighted by atomic mass is 16.3. The molecular formula is C10H15N3O2. The van der Waals surface area contributed by atoms with Crippen LogP contribution in [0.5, 0.6) is 0 Å². The number of carbonyl (C=O) groups is 1. The van der Waals surface area contributed by atoms with Crippen molar-refractivity contribution in [3.05, 3.63) is 17.5 Å². The molecule has 2 rings (SSSR count). The molecule has 1 aliphatic rings. The molecule has 82 valence electrons. The molecule has 2 N–H and O–H groups in total. The van der Waals surface area contributed by atoms with Crippen molar-refractivity contribution in [1.29, 1.82) is 0 Å². The average Bonchev–Trinajstić information content (AvgIpc) is 2.75. The molecule has 0 bridgehead atoms. The Labute approximate surface area is 88.1 Å². The Bertz CT molecular complexity index is 361. The Morgan fingerprint density at radius 1 is 1.80 bits per heavy atom. The van der Waals surface area contributed by atoms with Crippen molar-refractivity contribution in [3.63, 3.8) is 0 Å². The first-order valence-corrected chi connectivity index (χ1v) is 5.12. The molecule has 2 heterocycles. The van der Waals surface area contributed by atoms with Crippen LogP contribution in [0, 0.1) is 6.92 Å². The van der Waals surface area contributed by atoms with E-state index in [9.17, 15) is 9.90 Å². The first-order valence-electron chi connectivity index (χ1n) is 5.12. The van der Waals surface area contributed by atoms with Crippen LogP contribution in [-0.4, -0.2) is 45.3 Å². The maximum atomic E-state index is 11.7. The summed E-state index contributed by atoms with van der Waals surface area (Å²) in [6.07, 6.45) is 0.650. The fourth-order valence-electron chi connectivity index (χ4n) is 1.80. The summed E-state index contributed by atoms with van der Waals surface area (Å²) in [5, 5.41) is 16.1. The van der Waals surface area contributed by atoms with E-state index in [0.29, 0.717) is 25.9 Å². The second-order valence-electron chi connectivity index (χ2n) is 4.00. The molecule has 0 radical (unpaired) electrons. The van der Waals surface area contributed by atoms with Gasteiger partial charge in [-0.1, -0.05) is 0 Å². The smallest absolute Gasteiger partial charge is 0.228 e. The van der Waals surface area contributed by atoms with E-state index in [4.69, 9.17) is 0 Å². The lowest BCUT2D eigenvalue weighted by atomic mass is 10.2. The van der Waals surface area contributed by atoms with Crippen LogP contribution in [0.4, 0.5) is 0 Å². The standard InChI is InChI=1S/C10H15N3O2/c1-7-4-8(12-11-7)5-10(15)13-3-2-9(14)6-13/h4,9,14H,2-3,5-6H2,1H3,(H,11,12)/t9-/m1/s1. The van der Waals surface area contributed by atoms with Gasteiger partial charge in [0.2, 0.25) is 5.91 Å². The first-order chi connectivity index (χ1) is 7.15. The van der Waals surface area contributed by atoms with Crippen LogP contribution >= 0.6 is 0 Å². The number of aliphatic hydroxyl groups is 1. The lowest BCUT2D eigenvalue weighted by Crippen LogP contribution is -2.30. The van der Waals surface area contributed by atoms with Crippen LogP contribution in [-0.2, 0) is 11.2 Å². The number of hydrogen-bond donors (Lipinski definition) is 2. The second kappa shape index (κ2) is 4.02. The molecule has 0 aliphatic carbocycles. The van der Waals surface area contributed by atoms with Gasteiger partial charge in [0.1, 0.15) is 0 Å². The lowest BCUT2D eigenvalue weighted by molar-refractivity contribution is -0.129. The van der Waals surface area contributed by atoms with Gasteiger partial charge in [-0.15, -0.1) is 0 Å². The van der Waals surface area contributed by atoms with E-state index in [0.717, 1.165) is 11.4 Å². The number of nitrogens with one attached hydrogen (secondary N) is 1. The summed E-state index contributed by atoms with van der Waals surface area (Å²) < 4.78 is 0. The predicted molar refractivity (Wildman–Crippen MR) is 54.2 cm³/mol. The summed E-state index contributed by atoms with van der Waals surface area (Å²) in [7, 11) is 0. The van der Waals surface area contributed by atoms with Gasteiger partial charge in [0.15, 0.2) is 0 Å². The molecule has 1 fully saturated rings. The van der Waals surface area contributed by atoms with Crippen molar-refractivity contribution in [2.24, 2.45) is 0 Å². The van der Waals surface area contributed by atoms with Crippen LogP contribution in [0.3, 0.4) is 0 Å². The van der Waals surface area contributed by atoms with Gasteiger partial charge in [-0.05, 0) is 19.4 Å². The number of aliphatic hydroxyl groups excluding tert-OH is 1. The number of hydrogen-bond acceptors (Lipinski definition) is 3. The molecule has 1 atom stereocenters. The maximum Gasteiger partial charge on any atom is 0.228 e. The molecule has 0 unspecified atom stereocenters. The van der Waals surface area contributed by atoms with E-state index >= 15 is 0 Å². The van der Waals surface area contributed by atoms with Crippen LogP contribution < -0.4 is 0 Å². The normalized spacial score (nSPS) is 20.9. The number of carbonyl (C=O) groups excluding carboxylic acids is 1. The third kappa shape index (κ3) is 2.36. The fourth-order valence-corrected chi connectivity index (χ4v) is 1.80. The minimum absolute atomic E-state index is 0.0399. The summed E-state index contributed by atoms with van der Waals surface area (Å²) in [5.74, 6) is 0.0399.